The van der Waals surface area contributed by atoms with Crippen LogP contribution in [-0.2, 0) is 0 Å². The zero-order valence-electron chi connectivity index (χ0n) is 19.1. The Labute approximate surface area is 184 Å². The van der Waals surface area contributed by atoms with Crippen LogP contribution in [0.4, 0.5) is 5.82 Å². The zero-order chi connectivity index (χ0) is 22.2. The number of carbonyl (C=O) groups is 1. The molecule has 1 aliphatic heterocycles. The highest BCUT2D eigenvalue weighted by Crippen LogP contribution is 2.21. The van der Waals surface area contributed by atoms with Crippen LogP contribution >= 0.6 is 0 Å². The zero-order valence-corrected chi connectivity index (χ0v) is 19.1. The minimum absolute atomic E-state index is 0.0285. The van der Waals surface area contributed by atoms with E-state index in [1.165, 1.54) is 6.42 Å². The van der Waals surface area contributed by atoms with Gasteiger partial charge >= 0.3 is 0 Å². The first-order valence-corrected chi connectivity index (χ1v) is 11.3. The summed E-state index contributed by atoms with van der Waals surface area (Å²) in [5.41, 5.74) is 3.34. The van der Waals surface area contributed by atoms with Crippen molar-refractivity contribution >= 4 is 17.4 Å². The first-order valence-electron chi connectivity index (χ1n) is 11.3. The Balaban J connectivity index is 0.00000132. The first-order chi connectivity index (χ1) is 15.2. The Morgan fingerprint density at radius 3 is 2.61 bits per heavy atom. The van der Waals surface area contributed by atoms with Crippen molar-refractivity contribution in [3.8, 4) is 11.3 Å². The molecule has 0 bridgehead atoms. The van der Waals surface area contributed by atoms with Crippen LogP contribution in [0.25, 0.3) is 16.9 Å². The van der Waals surface area contributed by atoms with Crippen LogP contribution in [0.5, 0.6) is 0 Å². The fourth-order valence-corrected chi connectivity index (χ4v) is 3.76. The second kappa shape index (κ2) is 10.9. The molecule has 1 fully saturated rings. The van der Waals surface area contributed by atoms with E-state index in [1.54, 1.807) is 0 Å². The molecule has 1 atom stereocenters. The Bertz CT molecular complexity index is 981. The highest BCUT2D eigenvalue weighted by molar-refractivity contribution is 5.94. The number of hydrogen-bond acceptors (Lipinski definition) is 5. The predicted octanol–water partition coefficient (Wildman–Crippen LogP) is 4.07. The van der Waals surface area contributed by atoms with E-state index in [9.17, 15) is 4.79 Å². The van der Waals surface area contributed by atoms with E-state index in [-0.39, 0.29) is 5.91 Å². The SMILES string of the molecule is CC.CCCNc1ccc2ncc(-c3ccc(C(=O)NCC4CCCN4C)cc3)n2n1. The smallest absolute Gasteiger partial charge is 0.251 e. The summed E-state index contributed by atoms with van der Waals surface area (Å²) in [7, 11) is 2.12. The van der Waals surface area contributed by atoms with Gasteiger partial charge in [-0.25, -0.2) is 9.50 Å². The van der Waals surface area contributed by atoms with E-state index in [0.717, 1.165) is 48.7 Å². The van der Waals surface area contributed by atoms with Crippen LogP contribution in [0, 0.1) is 0 Å². The summed E-state index contributed by atoms with van der Waals surface area (Å²) in [5.74, 6) is 0.797. The molecule has 3 heterocycles. The molecule has 0 spiro atoms. The fourth-order valence-electron chi connectivity index (χ4n) is 3.76. The molecule has 0 saturated carbocycles. The molecule has 31 heavy (non-hydrogen) atoms. The molecule has 7 heteroatoms. The lowest BCUT2D eigenvalue weighted by Crippen LogP contribution is -2.38. The summed E-state index contributed by atoms with van der Waals surface area (Å²) in [6.45, 7) is 8.81. The number of aromatic nitrogens is 3. The number of amides is 1. The number of nitrogens with zero attached hydrogens (tertiary/aromatic N) is 4. The maximum atomic E-state index is 12.5. The fraction of sp³-hybridized carbons (Fsp3) is 0.458. The van der Waals surface area contributed by atoms with Crippen molar-refractivity contribution in [2.75, 3.05) is 32.0 Å². The lowest BCUT2D eigenvalue weighted by molar-refractivity contribution is 0.0943. The molecule has 7 nitrogen and oxygen atoms in total. The highest BCUT2D eigenvalue weighted by atomic mass is 16.1. The normalized spacial score (nSPS) is 16.1. The molecular weight excluding hydrogens is 388 g/mol. The van der Waals surface area contributed by atoms with Gasteiger partial charge in [0.1, 0.15) is 5.82 Å². The lowest BCUT2D eigenvalue weighted by atomic mass is 10.1. The molecule has 3 aromatic rings. The van der Waals surface area contributed by atoms with Gasteiger partial charge in [0.15, 0.2) is 5.65 Å². The van der Waals surface area contributed by atoms with Gasteiger partial charge < -0.3 is 15.5 Å². The number of likely N-dealkylation sites (N-methyl/N-ethyl adjacent to an activating group) is 1. The standard InChI is InChI=1S/C22H28N6O.C2H6/c1-3-12-23-20-10-11-21-24-15-19(28(21)26-20)16-6-8-17(9-7-16)22(29)25-14-18-5-4-13-27(18)2;1-2/h6-11,15,18H,3-5,12-14H2,1-2H3,(H,23,26)(H,25,29);1-2H3. The number of fused-ring (bicyclic) bond motifs is 1. The van der Waals surface area contributed by atoms with E-state index in [4.69, 9.17) is 0 Å². The maximum Gasteiger partial charge on any atom is 0.251 e. The molecule has 4 rings (SSSR count). The van der Waals surface area contributed by atoms with Gasteiger partial charge in [-0.1, -0.05) is 32.9 Å². The lowest BCUT2D eigenvalue weighted by Gasteiger charge is -2.19. The Morgan fingerprint density at radius 2 is 1.94 bits per heavy atom. The minimum atomic E-state index is -0.0285. The van der Waals surface area contributed by atoms with Gasteiger partial charge in [0, 0.05) is 30.3 Å². The van der Waals surface area contributed by atoms with E-state index >= 15 is 0 Å². The average Bonchev–Trinajstić information content (AvgIpc) is 3.43. The Hall–Kier alpha value is -2.93. The quantitative estimate of drug-likeness (QED) is 0.600. The second-order valence-corrected chi connectivity index (χ2v) is 7.62. The van der Waals surface area contributed by atoms with Crippen LogP contribution < -0.4 is 10.6 Å². The number of nitrogens with one attached hydrogen (secondary N) is 2. The Morgan fingerprint density at radius 1 is 1.16 bits per heavy atom. The third-order valence-electron chi connectivity index (χ3n) is 5.53. The average molecular weight is 423 g/mol. The van der Waals surface area contributed by atoms with E-state index in [2.05, 4.69) is 39.6 Å². The van der Waals surface area contributed by atoms with E-state index in [1.807, 2.05) is 61.0 Å². The van der Waals surface area contributed by atoms with Crippen molar-refractivity contribution in [3.05, 3.63) is 48.2 Å². The first kappa shape index (κ1) is 22.7. The summed E-state index contributed by atoms with van der Waals surface area (Å²) in [4.78, 5) is 19.2. The third kappa shape index (κ3) is 5.41. The summed E-state index contributed by atoms with van der Waals surface area (Å²) >= 11 is 0. The third-order valence-corrected chi connectivity index (χ3v) is 5.53. The van der Waals surface area contributed by atoms with Crippen molar-refractivity contribution in [2.45, 2.75) is 46.1 Å². The maximum absolute atomic E-state index is 12.5. The van der Waals surface area contributed by atoms with Crippen LogP contribution in [0.3, 0.4) is 0 Å². The van der Waals surface area contributed by atoms with Gasteiger partial charge in [-0.15, -0.1) is 5.10 Å². The van der Waals surface area contributed by atoms with Crippen LogP contribution in [-0.4, -0.2) is 58.1 Å². The number of carbonyl (C=O) groups excluding carboxylic acids is 1. The number of anilines is 1. The van der Waals surface area contributed by atoms with E-state index < -0.39 is 0 Å². The topological polar surface area (TPSA) is 74.6 Å². The van der Waals surface area contributed by atoms with Crippen LogP contribution in [0.1, 0.15) is 50.4 Å². The van der Waals surface area contributed by atoms with Gasteiger partial charge in [0.25, 0.3) is 5.91 Å². The summed E-state index contributed by atoms with van der Waals surface area (Å²) in [6.07, 6.45) is 5.20. The molecular formula is C24H34N6O. The second-order valence-electron chi connectivity index (χ2n) is 7.62. The molecule has 1 aromatic carbocycles. The highest BCUT2D eigenvalue weighted by Gasteiger charge is 2.21. The van der Waals surface area contributed by atoms with Gasteiger partial charge in [-0.3, -0.25) is 4.79 Å². The van der Waals surface area contributed by atoms with Crippen LogP contribution in [0.15, 0.2) is 42.6 Å². The molecule has 0 radical (unpaired) electrons. The molecule has 1 aliphatic rings. The molecule has 0 aliphatic carbocycles. The van der Waals surface area contributed by atoms with Crippen molar-refractivity contribution < 1.29 is 4.79 Å². The van der Waals surface area contributed by atoms with Gasteiger partial charge in [0.05, 0.1) is 11.9 Å². The largest absolute Gasteiger partial charge is 0.369 e. The number of likely N-dealkylation sites (tertiary alicyclic amines) is 1. The van der Waals surface area contributed by atoms with Gasteiger partial charge in [-0.2, -0.15) is 0 Å². The predicted molar refractivity (Wildman–Crippen MR) is 127 cm³/mol. The molecule has 2 aromatic heterocycles. The van der Waals surface area contributed by atoms with Crippen molar-refractivity contribution in [1.29, 1.82) is 0 Å². The van der Waals surface area contributed by atoms with Crippen LogP contribution in [0.2, 0.25) is 0 Å². The summed E-state index contributed by atoms with van der Waals surface area (Å²) < 4.78 is 1.84. The molecule has 166 valence electrons. The molecule has 1 amide bonds. The number of imidazole rings is 1. The number of rotatable bonds is 7. The van der Waals surface area contributed by atoms with Gasteiger partial charge in [0.2, 0.25) is 0 Å². The summed E-state index contributed by atoms with van der Waals surface area (Å²) in [6, 6.07) is 12.0. The number of hydrogen-bond donors (Lipinski definition) is 2. The minimum Gasteiger partial charge on any atom is -0.369 e. The summed E-state index contributed by atoms with van der Waals surface area (Å²) in [5, 5.41) is 11.0. The van der Waals surface area contributed by atoms with Crippen molar-refractivity contribution in [3.63, 3.8) is 0 Å². The number of benzene rings is 1. The molecule has 1 saturated heterocycles. The molecule has 1 unspecified atom stereocenters. The molecule has 2 N–H and O–H groups in total. The van der Waals surface area contributed by atoms with E-state index in [0.29, 0.717) is 18.2 Å². The van der Waals surface area contributed by atoms with Gasteiger partial charge in [-0.05, 0) is 57.1 Å². The Kier molecular flexibility index (Phi) is 8.00. The monoisotopic (exact) mass is 422 g/mol. The van der Waals surface area contributed by atoms with Crippen molar-refractivity contribution in [1.82, 2.24) is 24.8 Å². The van der Waals surface area contributed by atoms with Crippen molar-refractivity contribution in [2.24, 2.45) is 0 Å².